The van der Waals surface area contributed by atoms with Crippen molar-refractivity contribution in [3.05, 3.63) is 40.8 Å². The van der Waals surface area contributed by atoms with E-state index >= 15 is 0 Å². The largest absolute Gasteiger partial charge is 0.484 e. The number of nitrogens with one attached hydrogen (secondary N) is 1. The van der Waals surface area contributed by atoms with Crippen LogP contribution in [0.5, 0.6) is 5.75 Å². The number of amides is 2. The molecule has 1 aromatic heterocycles. The molecule has 27 heavy (non-hydrogen) atoms. The molecule has 0 spiro atoms. The number of fused-ring (bicyclic) bond motifs is 1. The highest BCUT2D eigenvalue weighted by atomic mass is 16.5. The van der Waals surface area contributed by atoms with Crippen LogP contribution in [0.4, 0.5) is 0 Å². The maximum atomic E-state index is 12.1. The van der Waals surface area contributed by atoms with Crippen LogP contribution in [0.25, 0.3) is 11.0 Å². The smallest absolute Gasteiger partial charge is 0.336 e. The van der Waals surface area contributed by atoms with Crippen LogP contribution >= 0.6 is 0 Å². The molecule has 0 aliphatic carbocycles. The van der Waals surface area contributed by atoms with E-state index < -0.39 is 5.63 Å². The molecule has 0 unspecified atom stereocenters. The van der Waals surface area contributed by atoms with E-state index in [2.05, 4.69) is 5.32 Å². The van der Waals surface area contributed by atoms with Crippen LogP contribution in [-0.2, 0) is 9.59 Å². The minimum absolute atomic E-state index is 0.00378. The Balaban J connectivity index is 1.48. The van der Waals surface area contributed by atoms with Crippen molar-refractivity contribution in [3.63, 3.8) is 0 Å². The molecule has 0 bridgehead atoms. The van der Waals surface area contributed by atoms with Gasteiger partial charge in [-0.15, -0.1) is 0 Å². The zero-order valence-electron chi connectivity index (χ0n) is 15.6. The zero-order valence-corrected chi connectivity index (χ0v) is 15.6. The van der Waals surface area contributed by atoms with Crippen molar-refractivity contribution in [1.82, 2.24) is 10.2 Å². The Labute approximate surface area is 157 Å². The highest BCUT2D eigenvalue weighted by Crippen LogP contribution is 2.19. The number of benzene rings is 1. The Kier molecular flexibility index (Phi) is 5.78. The molecule has 2 heterocycles. The van der Waals surface area contributed by atoms with Gasteiger partial charge in [0.15, 0.2) is 6.61 Å². The molecule has 1 N–H and O–H groups in total. The lowest BCUT2D eigenvalue weighted by Crippen LogP contribution is -2.48. The third-order valence-electron chi connectivity index (χ3n) is 4.63. The molecule has 0 atom stereocenters. The van der Waals surface area contributed by atoms with E-state index in [1.54, 1.807) is 24.3 Å². The van der Waals surface area contributed by atoms with Gasteiger partial charge in [0.2, 0.25) is 5.91 Å². The Hall–Kier alpha value is -2.83. The summed E-state index contributed by atoms with van der Waals surface area (Å²) in [7, 11) is 0. The van der Waals surface area contributed by atoms with Gasteiger partial charge in [-0.05, 0) is 31.0 Å². The molecule has 144 valence electrons. The number of nitrogens with zero attached hydrogens (tertiary/aromatic N) is 1. The second kappa shape index (κ2) is 8.24. The van der Waals surface area contributed by atoms with E-state index in [-0.39, 0.29) is 30.4 Å². The van der Waals surface area contributed by atoms with E-state index in [1.807, 2.05) is 18.7 Å². The molecule has 7 nitrogen and oxygen atoms in total. The van der Waals surface area contributed by atoms with Crippen molar-refractivity contribution in [2.45, 2.75) is 32.7 Å². The highest BCUT2D eigenvalue weighted by molar-refractivity contribution is 5.80. The first-order valence-electron chi connectivity index (χ1n) is 9.17. The second-order valence-electron chi connectivity index (χ2n) is 7.06. The van der Waals surface area contributed by atoms with Crippen molar-refractivity contribution >= 4 is 22.8 Å². The predicted octanol–water partition coefficient (Wildman–Crippen LogP) is 1.93. The van der Waals surface area contributed by atoms with Crippen LogP contribution in [0.1, 0.15) is 26.7 Å². The normalized spacial score (nSPS) is 15.1. The van der Waals surface area contributed by atoms with Gasteiger partial charge in [0.05, 0.1) is 0 Å². The van der Waals surface area contributed by atoms with Crippen LogP contribution in [0.3, 0.4) is 0 Å². The Morgan fingerprint density at radius 3 is 2.63 bits per heavy atom. The molecule has 1 aliphatic heterocycles. The lowest BCUT2D eigenvalue weighted by Gasteiger charge is -2.33. The summed E-state index contributed by atoms with van der Waals surface area (Å²) >= 11 is 0. The molecule has 7 heteroatoms. The van der Waals surface area contributed by atoms with E-state index in [0.717, 1.165) is 18.2 Å². The lowest BCUT2D eigenvalue weighted by atomic mass is 10.0. The van der Waals surface area contributed by atoms with E-state index in [9.17, 15) is 14.4 Å². The average Bonchev–Trinajstić information content (AvgIpc) is 2.66. The van der Waals surface area contributed by atoms with Gasteiger partial charge in [0.25, 0.3) is 5.91 Å². The van der Waals surface area contributed by atoms with Gasteiger partial charge in [0.1, 0.15) is 11.3 Å². The third kappa shape index (κ3) is 4.87. The topological polar surface area (TPSA) is 88.9 Å². The minimum Gasteiger partial charge on any atom is -0.484 e. The number of ether oxygens (including phenoxy) is 1. The maximum Gasteiger partial charge on any atom is 0.336 e. The van der Waals surface area contributed by atoms with Gasteiger partial charge in [-0.1, -0.05) is 13.8 Å². The van der Waals surface area contributed by atoms with E-state index in [4.69, 9.17) is 9.15 Å². The monoisotopic (exact) mass is 372 g/mol. The van der Waals surface area contributed by atoms with Crippen molar-refractivity contribution in [3.8, 4) is 5.75 Å². The van der Waals surface area contributed by atoms with Gasteiger partial charge >= 0.3 is 5.63 Å². The summed E-state index contributed by atoms with van der Waals surface area (Å²) in [6.07, 6.45) is 1.48. The number of carbonyl (C=O) groups is 2. The van der Waals surface area contributed by atoms with Crippen molar-refractivity contribution in [2.75, 3.05) is 19.7 Å². The van der Waals surface area contributed by atoms with Crippen LogP contribution in [0.2, 0.25) is 0 Å². The third-order valence-corrected chi connectivity index (χ3v) is 4.63. The summed E-state index contributed by atoms with van der Waals surface area (Å²) in [4.78, 5) is 37.3. The quantitative estimate of drug-likeness (QED) is 0.810. The van der Waals surface area contributed by atoms with E-state index in [1.165, 1.54) is 6.07 Å². The van der Waals surface area contributed by atoms with Gasteiger partial charge in [-0.2, -0.15) is 0 Å². The summed E-state index contributed by atoms with van der Waals surface area (Å²) in [5.41, 5.74) is -0.0118. The Bertz CT molecular complexity index is 881. The summed E-state index contributed by atoms with van der Waals surface area (Å²) < 4.78 is 10.6. The minimum atomic E-state index is -0.431. The summed E-state index contributed by atoms with van der Waals surface area (Å²) in [5, 5.41) is 3.73. The molecule has 3 rings (SSSR count). The average molecular weight is 372 g/mol. The van der Waals surface area contributed by atoms with Gasteiger partial charge < -0.3 is 19.4 Å². The van der Waals surface area contributed by atoms with Crippen molar-refractivity contribution < 1.29 is 18.7 Å². The first-order chi connectivity index (χ1) is 12.9. The summed E-state index contributed by atoms with van der Waals surface area (Å²) in [6, 6.07) is 8.18. The van der Waals surface area contributed by atoms with Gasteiger partial charge in [-0.25, -0.2) is 4.79 Å². The standard InChI is InChI=1S/C20H24N2O5/c1-13(2)20(25)22-9-7-15(8-10-22)21-18(23)12-26-16-5-3-14-4-6-19(24)27-17(14)11-16/h3-6,11,13,15H,7-10,12H2,1-2H3,(H,21,23). The fourth-order valence-corrected chi connectivity index (χ4v) is 3.16. The lowest BCUT2D eigenvalue weighted by molar-refractivity contribution is -0.135. The fourth-order valence-electron chi connectivity index (χ4n) is 3.16. The SMILES string of the molecule is CC(C)C(=O)N1CCC(NC(=O)COc2ccc3ccc(=O)oc3c2)CC1. The van der Waals surface area contributed by atoms with Gasteiger partial charge in [-0.3, -0.25) is 9.59 Å². The first-order valence-corrected chi connectivity index (χ1v) is 9.17. The summed E-state index contributed by atoms with van der Waals surface area (Å²) in [6.45, 7) is 4.99. The number of hydrogen-bond donors (Lipinski definition) is 1. The number of hydrogen-bond acceptors (Lipinski definition) is 5. The number of carbonyl (C=O) groups excluding carboxylic acids is 2. The molecular weight excluding hydrogens is 348 g/mol. The summed E-state index contributed by atoms with van der Waals surface area (Å²) in [5.74, 6) is 0.407. The Morgan fingerprint density at radius 2 is 1.93 bits per heavy atom. The van der Waals surface area contributed by atoms with Crippen LogP contribution < -0.4 is 15.7 Å². The maximum absolute atomic E-state index is 12.1. The molecule has 1 aromatic carbocycles. The zero-order chi connectivity index (χ0) is 19.4. The van der Waals surface area contributed by atoms with Crippen LogP contribution in [0.15, 0.2) is 39.5 Å². The predicted molar refractivity (Wildman–Crippen MR) is 101 cm³/mol. The number of piperidine rings is 1. The molecule has 1 aliphatic rings. The molecular formula is C20H24N2O5. The molecule has 2 amide bonds. The van der Waals surface area contributed by atoms with Crippen LogP contribution in [0, 0.1) is 5.92 Å². The molecule has 1 fully saturated rings. The second-order valence-corrected chi connectivity index (χ2v) is 7.06. The number of rotatable bonds is 5. The first kappa shape index (κ1) is 18.9. The molecule has 0 saturated carbocycles. The molecule has 1 saturated heterocycles. The molecule has 2 aromatic rings. The molecule has 0 radical (unpaired) electrons. The van der Waals surface area contributed by atoms with E-state index in [0.29, 0.717) is 24.4 Å². The fraction of sp³-hybridized carbons (Fsp3) is 0.450. The van der Waals surface area contributed by atoms with Crippen LogP contribution in [-0.4, -0.2) is 42.5 Å². The number of likely N-dealkylation sites (tertiary alicyclic amines) is 1. The Morgan fingerprint density at radius 1 is 1.22 bits per heavy atom. The van der Waals surface area contributed by atoms with Crippen molar-refractivity contribution in [2.24, 2.45) is 5.92 Å². The highest BCUT2D eigenvalue weighted by Gasteiger charge is 2.25. The van der Waals surface area contributed by atoms with Gasteiger partial charge in [0, 0.05) is 42.6 Å². The van der Waals surface area contributed by atoms with Crippen molar-refractivity contribution in [1.29, 1.82) is 0 Å².